The number of imide groups is 1. The zero-order valence-corrected chi connectivity index (χ0v) is 15.6. The van der Waals surface area contributed by atoms with Gasteiger partial charge in [-0.3, -0.25) is 19.4 Å². The van der Waals surface area contributed by atoms with Crippen LogP contribution < -0.4 is 0 Å². The largest absolute Gasteiger partial charge is 0.340 e. The fraction of sp³-hybridized carbons (Fsp3) is 0.625. The van der Waals surface area contributed by atoms with Gasteiger partial charge in [0.25, 0.3) is 5.91 Å². The highest BCUT2D eigenvalue weighted by Crippen LogP contribution is 2.18. The van der Waals surface area contributed by atoms with Crippen molar-refractivity contribution in [1.29, 1.82) is 0 Å². The number of aryl methyl sites for hydroxylation is 1. The molecule has 0 aliphatic carbocycles. The van der Waals surface area contributed by atoms with Crippen molar-refractivity contribution in [3.05, 3.63) is 16.1 Å². The summed E-state index contributed by atoms with van der Waals surface area (Å²) in [5, 5.41) is 3.13. The first kappa shape index (κ1) is 17.8. The number of rotatable bonds is 4. The number of aromatic nitrogens is 1. The highest BCUT2D eigenvalue weighted by Gasteiger charge is 2.42. The predicted molar refractivity (Wildman–Crippen MR) is 93.0 cm³/mol. The minimum atomic E-state index is -0.680. The van der Waals surface area contributed by atoms with E-state index in [1.165, 1.54) is 11.9 Å². The number of hydrogen-bond donors (Lipinski definition) is 0. The number of thiazole rings is 1. The number of piperazine rings is 1. The topological polar surface area (TPSA) is 77.1 Å². The van der Waals surface area contributed by atoms with Gasteiger partial charge in [0.2, 0.25) is 5.91 Å². The maximum atomic E-state index is 12.5. The summed E-state index contributed by atoms with van der Waals surface area (Å²) in [6.45, 7) is 5.64. The van der Waals surface area contributed by atoms with Crippen molar-refractivity contribution in [2.45, 2.75) is 25.9 Å². The van der Waals surface area contributed by atoms with Gasteiger partial charge in [-0.05, 0) is 6.92 Å². The van der Waals surface area contributed by atoms with Crippen LogP contribution in [-0.4, -0.2) is 88.7 Å². The molecule has 2 saturated heterocycles. The van der Waals surface area contributed by atoms with Gasteiger partial charge in [-0.15, -0.1) is 11.3 Å². The Balaban J connectivity index is 1.50. The van der Waals surface area contributed by atoms with E-state index in [-0.39, 0.29) is 24.3 Å². The molecule has 0 bridgehead atoms. The van der Waals surface area contributed by atoms with E-state index in [0.29, 0.717) is 13.1 Å². The summed E-state index contributed by atoms with van der Waals surface area (Å²) in [5.74, 6) is -0.379. The van der Waals surface area contributed by atoms with Crippen LogP contribution in [0, 0.1) is 6.92 Å². The molecule has 0 radical (unpaired) electrons. The van der Waals surface area contributed by atoms with Gasteiger partial charge in [-0.2, -0.15) is 0 Å². The van der Waals surface area contributed by atoms with Crippen molar-refractivity contribution in [2.75, 3.05) is 40.3 Å². The maximum Gasteiger partial charge on any atom is 0.326 e. The minimum absolute atomic E-state index is 0.0523. The number of likely N-dealkylation sites (N-methyl/N-ethyl adjacent to an activating group) is 2. The summed E-state index contributed by atoms with van der Waals surface area (Å²) < 4.78 is 0. The first-order chi connectivity index (χ1) is 11.9. The molecule has 1 aromatic rings. The molecule has 3 heterocycles. The molecule has 2 aliphatic rings. The van der Waals surface area contributed by atoms with Crippen LogP contribution in [0.2, 0.25) is 0 Å². The third-order valence-corrected chi connectivity index (χ3v) is 5.64. The van der Waals surface area contributed by atoms with Crippen LogP contribution in [-0.2, 0) is 16.1 Å². The molecule has 3 rings (SSSR count). The molecule has 1 atom stereocenters. The number of carbonyl (C=O) groups is 3. The monoisotopic (exact) mass is 365 g/mol. The molecule has 2 fully saturated rings. The second-order valence-electron chi connectivity index (χ2n) is 6.53. The van der Waals surface area contributed by atoms with Crippen LogP contribution in [0.25, 0.3) is 0 Å². The van der Waals surface area contributed by atoms with Gasteiger partial charge < -0.3 is 9.80 Å². The summed E-state index contributed by atoms with van der Waals surface area (Å²) >= 11 is 1.65. The zero-order chi connectivity index (χ0) is 18.1. The lowest BCUT2D eigenvalue weighted by Crippen LogP contribution is -2.49. The second-order valence-corrected chi connectivity index (χ2v) is 7.59. The SMILES string of the molecule is Cc1nc(CN2CCN(C(=O)CC3C(=O)N(C)C(=O)N3C)CC2)cs1. The van der Waals surface area contributed by atoms with Gasteiger partial charge in [0.05, 0.1) is 17.1 Å². The molecule has 0 spiro atoms. The molecule has 0 aromatic carbocycles. The molecule has 9 heteroatoms. The standard InChI is InChI=1S/C16H23N5O3S/c1-11-17-12(10-25-11)9-20-4-6-21(7-5-20)14(22)8-13-15(23)19(3)16(24)18(13)2/h10,13H,4-9H2,1-3H3. The van der Waals surface area contributed by atoms with Crippen LogP contribution in [0.1, 0.15) is 17.1 Å². The van der Waals surface area contributed by atoms with Gasteiger partial charge in [0.1, 0.15) is 6.04 Å². The van der Waals surface area contributed by atoms with E-state index < -0.39 is 6.04 Å². The zero-order valence-electron chi connectivity index (χ0n) is 14.8. The second kappa shape index (κ2) is 7.09. The number of amides is 4. The highest BCUT2D eigenvalue weighted by atomic mass is 32.1. The Bertz CT molecular complexity index is 683. The molecule has 25 heavy (non-hydrogen) atoms. The number of carbonyl (C=O) groups excluding carboxylic acids is 3. The molecule has 2 aliphatic heterocycles. The fourth-order valence-corrected chi connectivity index (χ4v) is 3.84. The molecular formula is C16H23N5O3S. The lowest BCUT2D eigenvalue weighted by molar-refractivity contribution is -0.137. The molecule has 8 nitrogen and oxygen atoms in total. The molecule has 4 amide bonds. The predicted octanol–water partition coefficient (Wildman–Crippen LogP) is 0.378. The molecular weight excluding hydrogens is 342 g/mol. The Labute approximate surface area is 151 Å². The lowest BCUT2D eigenvalue weighted by Gasteiger charge is -2.35. The minimum Gasteiger partial charge on any atom is -0.340 e. The van der Waals surface area contributed by atoms with E-state index in [9.17, 15) is 14.4 Å². The van der Waals surface area contributed by atoms with Crippen LogP contribution in [0.3, 0.4) is 0 Å². The van der Waals surface area contributed by atoms with Crippen molar-refractivity contribution in [3.8, 4) is 0 Å². The van der Waals surface area contributed by atoms with E-state index >= 15 is 0 Å². The van der Waals surface area contributed by atoms with Crippen LogP contribution >= 0.6 is 11.3 Å². The maximum absolute atomic E-state index is 12.5. The van der Waals surface area contributed by atoms with Crippen LogP contribution in [0.5, 0.6) is 0 Å². The van der Waals surface area contributed by atoms with E-state index in [2.05, 4.69) is 15.3 Å². The molecule has 1 aromatic heterocycles. The summed E-state index contributed by atoms with van der Waals surface area (Å²) in [4.78, 5) is 47.4. The summed E-state index contributed by atoms with van der Waals surface area (Å²) in [6, 6.07) is -1.04. The van der Waals surface area contributed by atoms with E-state index in [1.54, 1.807) is 23.3 Å². The highest BCUT2D eigenvalue weighted by molar-refractivity contribution is 7.09. The quantitative estimate of drug-likeness (QED) is 0.721. The summed E-state index contributed by atoms with van der Waals surface area (Å²) in [5.41, 5.74) is 1.07. The number of urea groups is 1. The van der Waals surface area contributed by atoms with Crippen molar-refractivity contribution >= 4 is 29.2 Å². The van der Waals surface area contributed by atoms with Crippen molar-refractivity contribution in [3.63, 3.8) is 0 Å². The Morgan fingerprint density at radius 2 is 1.92 bits per heavy atom. The fourth-order valence-electron chi connectivity index (χ4n) is 3.24. The molecule has 136 valence electrons. The summed E-state index contributed by atoms with van der Waals surface area (Å²) in [7, 11) is 3.01. The van der Waals surface area contributed by atoms with Crippen LogP contribution in [0.4, 0.5) is 4.79 Å². The Morgan fingerprint density at radius 1 is 1.24 bits per heavy atom. The first-order valence-corrected chi connectivity index (χ1v) is 9.20. The van der Waals surface area contributed by atoms with Gasteiger partial charge in [-0.1, -0.05) is 0 Å². The molecule has 0 N–H and O–H groups in total. The van der Waals surface area contributed by atoms with Gasteiger partial charge in [-0.25, -0.2) is 9.78 Å². The van der Waals surface area contributed by atoms with E-state index in [1.807, 2.05) is 6.92 Å². The third-order valence-electron chi connectivity index (χ3n) is 4.82. The van der Waals surface area contributed by atoms with Gasteiger partial charge >= 0.3 is 6.03 Å². The van der Waals surface area contributed by atoms with E-state index in [4.69, 9.17) is 0 Å². The lowest BCUT2D eigenvalue weighted by atomic mass is 10.1. The average molecular weight is 365 g/mol. The number of hydrogen-bond acceptors (Lipinski definition) is 6. The smallest absolute Gasteiger partial charge is 0.326 e. The van der Waals surface area contributed by atoms with E-state index in [0.717, 1.165) is 35.2 Å². The Kier molecular flexibility index (Phi) is 5.05. The molecule has 1 unspecified atom stereocenters. The van der Waals surface area contributed by atoms with Crippen molar-refractivity contribution in [2.24, 2.45) is 0 Å². The van der Waals surface area contributed by atoms with Crippen LogP contribution in [0.15, 0.2) is 5.38 Å². The normalized spacial score (nSPS) is 22.2. The Morgan fingerprint density at radius 3 is 2.44 bits per heavy atom. The van der Waals surface area contributed by atoms with Gasteiger partial charge in [0.15, 0.2) is 0 Å². The molecule has 0 saturated carbocycles. The average Bonchev–Trinajstić information content (AvgIpc) is 3.08. The Hall–Kier alpha value is -2.00. The number of nitrogens with zero attached hydrogens (tertiary/aromatic N) is 5. The summed E-state index contributed by atoms with van der Waals surface area (Å²) in [6.07, 6.45) is 0.0523. The first-order valence-electron chi connectivity index (χ1n) is 8.32. The van der Waals surface area contributed by atoms with Gasteiger partial charge in [0, 0.05) is 52.2 Å². The van der Waals surface area contributed by atoms with Crippen molar-refractivity contribution < 1.29 is 14.4 Å². The van der Waals surface area contributed by atoms with Crippen molar-refractivity contribution in [1.82, 2.24) is 24.6 Å². The third kappa shape index (κ3) is 3.67.